The van der Waals surface area contributed by atoms with E-state index in [1.54, 1.807) is 6.20 Å². The third-order valence-corrected chi connectivity index (χ3v) is 2.46. The van der Waals surface area contributed by atoms with Crippen LogP contribution in [-0.4, -0.2) is 22.5 Å². The second kappa shape index (κ2) is 6.26. The van der Waals surface area contributed by atoms with Crippen molar-refractivity contribution in [2.45, 2.75) is 33.7 Å². The quantitative estimate of drug-likeness (QED) is 0.751. The van der Waals surface area contributed by atoms with Crippen LogP contribution < -0.4 is 0 Å². The number of rotatable bonds is 2. The first-order chi connectivity index (χ1) is 7.61. The monoisotopic (exact) mass is 219 g/mol. The van der Waals surface area contributed by atoms with Crippen LogP contribution >= 0.6 is 0 Å². The zero-order valence-corrected chi connectivity index (χ0v) is 10.6. The van der Waals surface area contributed by atoms with Crippen molar-refractivity contribution in [2.24, 2.45) is 10.9 Å². The molecule has 2 rings (SSSR count). The molecule has 0 N–H and O–H groups in total. The molecule has 0 radical (unpaired) electrons. The molecule has 0 saturated carbocycles. The van der Waals surface area contributed by atoms with Crippen molar-refractivity contribution in [1.29, 1.82) is 0 Å². The zero-order valence-electron chi connectivity index (χ0n) is 10.6. The van der Waals surface area contributed by atoms with Gasteiger partial charge in [0.1, 0.15) is 0 Å². The first-order valence-corrected chi connectivity index (χ1v) is 5.79. The van der Waals surface area contributed by atoms with Crippen molar-refractivity contribution in [3.8, 4) is 0 Å². The Morgan fingerprint density at radius 3 is 2.25 bits per heavy atom. The molecule has 0 amide bonds. The molecule has 0 aliphatic carbocycles. The fraction of sp³-hybridized carbons (Fsp3) is 0.538. The number of hydrogen-bond donors (Lipinski definition) is 0. The second-order valence-corrected chi connectivity index (χ2v) is 4.47. The molecule has 0 saturated heterocycles. The molecule has 0 atom stereocenters. The maximum atomic E-state index is 4.07. The summed E-state index contributed by atoms with van der Waals surface area (Å²) >= 11 is 0. The lowest BCUT2D eigenvalue weighted by Crippen LogP contribution is -1.99. The molecule has 1 aliphatic rings. The van der Waals surface area contributed by atoms with E-state index in [0.717, 1.165) is 6.54 Å². The number of aliphatic imine (C=N–C) groups is 1. The van der Waals surface area contributed by atoms with Gasteiger partial charge < -0.3 is 0 Å². The third kappa shape index (κ3) is 4.01. The van der Waals surface area contributed by atoms with Gasteiger partial charge in [-0.25, -0.2) is 0 Å². The average Bonchev–Trinajstić information content (AvgIpc) is 2.93. The van der Waals surface area contributed by atoms with Crippen molar-refractivity contribution in [3.05, 3.63) is 30.1 Å². The summed E-state index contributed by atoms with van der Waals surface area (Å²) in [6.45, 7) is 9.53. The van der Waals surface area contributed by atoms with Crippen LogP contribution in [0.4, 0.5) is 0 Å². The normalized spacial score (nSPS) is 14.0. The van der Waals surface area contributed by atoms with Crippen molar-refractivity contribution in [1.82, 2.24) is 9.78 Å². The van der Waals surface area contributed by atoms with E-state index in [9.17, 15) is 0 Å². The van der Waals surface area contributed by atoms with Gasteiger partial charge in [0.2, 0.25) is 0 Å². The standard InChI is InChI=1S/C7H11N.C6H10N2/c1-6(2)7-3-4-8-5-7;1-6(2)8-5-3-4-7-8/h3-4,6H,5H2,1-2H3;3-6H,1-2H3. The van der Waals surface area contributed by atoms with Gasteiger partial charge in [-0.15, -0.1) is 0 Å². The maximum absolute atomic E-state index is 4.07. The van der Waals surface area contributed by atoms with E-state index in [-0.39, 0.29) is 0 Å². The largest absolute Gasteiger partial charge is 0.289 e. The van der Waals surface area contributed by atoms with Crippen LogP contribution in [0.25, 0.3) is 0 Å². The summed E-state index contributed by atoms with van der Waals surface area (Å²) in [5.74, 6) is 0.678. The maximum Gasteiger partial charge on any atom is 0.0605 e. The van der Waals surface area contributed by atoms with E-state index in [2.05, 4.69) is 43.9 Å². The Kier molecular flexibility index (Phi) is 4.96. The Bertz CT molecular complexity index is 345. The highest BCUT2D eigenvalue weighted by Gasteiger charge is 2.02. The van der Waals surface area contributed by atoms with Gasteiger partial charge in [0.25, 0.3) is 0 Å². The fourth-order valence-electron chi connectivity index (χ4n) is 1.32. The summed E-state index contributed by atoms with van der Waals surface area (Å²) in [4.78, 5) is 4.07. The van der Waals surface area contributed by atoms with Crippen LogP contribution in [0.2, 0.25) is 0 Å². The molecule has 1 aromatic rings. The summed E-state index contributed by atoms with van der Waals surface area (Å²) in [6.07, 6.45) is 7.74. The van der Waals surface area contributed by atoms with E-state index in [0.29, 0.717) is 12.0 Å². The minimum atomic E-state index is 0.491. The topological polar surface area (TPSA) is 30.2 Å². The minimum absolute atomic E-state index is 0.491. The van der Waals surface area contributed by atoms with Crippen molar-refractivity contribution < 1.29 is 0 Å². The summed E-state index contributed by atoms with van der Waals surface area (Å²) in [6, 6.07) is 2.42. The number of aromatic nitrogens is 2. The van der Waals surface area contributed by atoms with Crippen molar-refractivity contribution in [3.63, 3.8) is 0 Å². The first-order valence-electron chi connectivity index (χ1n) is 5.79. The molecule has 16 heavy (non-hydrogen) atoms. The predicted molar refractivity (Wildman–Crippen MR) is 68.9 cm³/mol. The highest BCUT2D eigenvalue weighted by atomic mass is 15.3. The van der Waals surface area contributed by atoms with Gasteiger partial charge in [-0.05, 0) is 37.5 Å². The lowest BCUT2D eigenvalue weighted by Gasteiger charge is -2.01. The summed E-state index contributed by atoms with van der Waals surface area (Å²) < 4.78 is 1.92. The summed E-state index contributed by atoms with van der Waals surface area (Å²) in [7, 11) is 0. The lowest BCUT2D eigenvalue weighted by atomic mass is 10.1. The van der Waals surface area contributed by atoms with Crippen molar-refractivity contribution in [2.75, 3.05) is 6.54 Å². The van der Waals surface area contributed by atoms with Crippen LogP contribution in [0, 0.1) is 5.92 Å². The molecule has 0 unspecified atom stereocenters. The van der Waals surface area contributed by atoms with Crippen molar-refractivity contribution >= 4 is 6.21 Å². The SMILES string of the molecule is CC(C)C1=CC=NC1.CC(C)n1cccn1. The van der Waals surface area contributed by atoms with Crippen LogP contribution in [0.15, 0.2) is 35.1 Å². The Morgan fingerprint density at radius 2 is 2.00 bits per heavy atom. The Hall–Kier alpha value is -1.38. The van der Waals surface area contributed by atoms with E-state index < -0.39 is 0 Å². The van der Waals surface area contributed by atoms with E-state index >= 15 is 0 Å². The van der Waals surface area contributed by atoms with Gasteiger partial charge in [-0.2, -0.15) is 5.10 Å². The Labute approximate surface area is 97.9 Å². The molecule has 1 aliphatic heterocycles. The molecule has 88 valence electrons. The number of allylic oxidation sites excluding steroid dienone is 1. The number of nitrogens with zero attached hydrogens (tertiary/aromatic N) is 3. The number of hydrogen-bond acceptors (Lipinski definition) is 2. The van der Waals surface area contributed by atoms with Gasteiger partial charge in [-0.1, -0.05) is 13.8 Å². The Morgan fingerprint density at radius 1 is 1.25 bits per heavy atom. The smallest absolute Gasteiger partial charge is 0.0605 e. The lowest BCUT2D eigenvalue weighted by molar-refractivity contribution is 0.532. The molecular formula is C13H21N3. The molecule has 3 nitrogen and oxygen atoms in total. The summed E-state index contributed by atoms with van der Waals surface area (Å²) in [5.41, 5.74) is 1.45. The van der Waals surface area contributed by atoms with Crippen LogP contribution in [0.1, 0.15) is 33.7 Å². The predicted octanol–water partition coefficient (Wildman–Crippen LogP) is 3.12. The molecular weight excluding hydrogens is 198 g/mol. The molecule has 0 aromatic carbocycles. The zero-order chi connectivity index (χ0) is 12.0. The molecule has 0 fully saturated rings. The third-order valence-electron chi connectivity index (χ3n) is 2.46. The van der Waals surface area contributed by atoms with Crippen LogP contribution in [0.3, 0.4) is 0 Å². The van der Waals surface area contributed by atoms with E-state index in [1.807, 2.05) is 23.2 Å². The molecule has 2 heterocycles. The van der Waals surface area contributed by atoms with E-state index in [4.69, 9.17) is 0 Å². The van der Waals surface area contributed by atoms with Crippen LogP contribution in [-0.2, 0) is 0 Å². The van der Waals surface area contributed by atoms with Crippen LogP contribution in [0.5, 0.6) is 0 Å². The van der Waals surface area contributed by atoms with Gasteiger partial charge in [0.05, 0.1) is 6.54 Å². The van der Waals surface area contributed by atoms with Gasteiger partial charge >= 0.3 is 0 Å². The molecule has 3 heteroatoms. The van der Waals surface area contributed by atoms with Gasteiger partial charge in [0, 0.05) is 24.7 Å². The van der Waals surface area contributed by atoms with Gasteiger partial charge in [-0.3, -0.25) is 9.67 Å². The highest BCUT2D eigenvalue weighted by Crippen LogP contribution is 2.11. The molecule has 0 spiro atoms. The second-order valence-electron chi connectivity index (χ2n) is 4.47. The minimum Gasteiger partial charge on any atom is -0.289 e. The average molecular weight is 219 g/mol. The first kappa shape index (κ1) is 12.7. The highest BCUT2D eigenvalue weighted by molar-refractivity contribution is 5.75. The van der Waals surface area contributed by atoms with E-state index in [1.165, 1.54) is 5.57 Å². The fourth-order valence-corrected chi connectivity index (χ4v) is 1.32. The summed E-state index contributed by atoms with van der Waals surface area (Å²) in [5, 5.41) is 4.03. The molecule has 0 bridgehead atoms. The Balaban J connectivity index is 0.000000160. The molecule has 1 aromatic heterocycles. The van der Waals surface area contributed by atoms with Gasteiger partial charge in [0.15, 0.2) is 0 Å².